The second-order valence-electron chi connectivity index (χ2n) is 6.54. The summed E-state index contributed by atoms with van der Waals surface area (Å²) in [5, 5.41) is 6.98. The molecule has 0 aliphatic heterocycles. The van der Waals surface area contributed by atoms with E-state index in [9.17, 15) is 9.18 Å². The van der Waals surface area contributed by atoms with Gasteiger partial charge in [-0.1, -0.05) is 18.6 Å². The molecule has 2 aromatic heterocycles. The number of rotatable bonds is 3. The van der Waals surface area contributed by atoms with Crippen molar-refractivity contribution in [1.82, 2.24) is 19.9 Å². The van der Waals surface area contributed by atoms with Crippen molar-refractivity contribution in [3.63, 3.8) is 0 Å². The lowest BCUT2D eigenvalue weighted by atomic mass is 9.83. The lowest BCUT2D eigenvalue weighted by molar-refractivity contribution is -0.122. The highest BCUT2D eigenvalue weighted by Crippen LogP contribution is 2.28. The summed E-state index contributed by atoms with van der Waals surface area (Å²) in [5.74, 6) is 0.623. The van der Waals surface area contributed by atoms with E-state index in [1.807, 2.05) is 13.0 Å². The van der Waals surface area contributed by atoms with Gasteiger partial charge in [0.15, 0.2) is 5.65 Å². The maximum Gasteiger partial charge on any atom is 0.220 e. The molecule has 1 saturated carbocycles. The van der Waals surface area contributed by atoms with Gasteiger partial charge in [-0.15, -0.1) is 0 Å². The summed E-state index contributed by atoms with van der Waals surface area (Å²) < 4.78 is 15.3. The maximum absolute atomic E-state index is 13.6. The summed E-state index contributed by atoms with van der Waals surface area (Å²) >= 11 is 0. The molecular weight excluding hydrogens is 331 g/mol. The number of fused-ring (bicyclic) bond motifs is 1. The molecule has 0 radical (unpaired) electrons. The largest absolute Gasteiger partial charge is 0.359 e. The molecule has 6 heteroatoms. The highest BCUT2D eigenvalue weighted by Gasteiger charge is 2.19. The quantitative estimate of drug-likeness (QED) is 0.779. The number of aryl methyl sites for hydroxylation is 1. The van der Waals surface area contributed by atoms with Crippen molar-refractivity contribution in [2.45, 2.75) is 32.6 Å². The molecule has 0 bridgehead atoms. The van der Waals surface area contributed by atoms with E-state index in [4.69, 9.17) is 0 Å². The molecule has 2 heterocycles. The highest BCUT2D eigenvalue weighted by atomic mass is 19.1. The first-order chi connectivity index (χ1) is 12.6. The molecule has 1 fully saturated rings. The zero-order valence-corrected chi connectivity index (χ0v) is 15.1. The van der Waals surface area contributed by atoms with Gasteiger partial charge in [0.05, 0.1) is 5.69 Å². The number of hydrogen-bond acceptors (Lipinski definition) is 3. The highest BCUT2D eigenvalue weighted by molar-refractivity contribution is 5.75. The van der Waals surface area contributed by atoms with E-state index in [-0.39, 0.29) is 11.7 Å². The molecule has 0 unspecified atom stereocenters. The summed E-state index contributed by atoms with van der Waals surface area (Å²) in [6.07, 6.45) is 6.30. The molecule has 1 N–H and O–H groups in total. The minimum Gasteiger partial charge on any atom is -0.359 e. The van der Waals surface area contributed by atoms with E-state index in [2.05, 4.69) is 15.4 Å². The first-order valence-electron chi connectivity index (χ1n) is 8.85. The Morgan fingerprint density at radius 2 is 2.08 bits per heavy atom. The first-order valence-corrected chi connectivity index (χ1v) is 8.85. The van der Waals surface area contributed by atoms with Crippen molar-refractivity contribution in [3.8, 4) is 11.3 Å². The van der Waals surface area contributed by atoms with Gasteiger partial charge in [-0.25, -0.2) is 13.9 Å². The van der Waals surface area contributed by atoms with Crippen LogP contribution in [0.5, 0.6) is 0 Å². The molecule has 0 spiro atoms. The minimum absolute atomic E-state index is 0.194. The van der Waals surface area contributed by atoms with Gasteiger partial charge in [0.2, 0.25) is 5.91 Å². The van der Waals surface area contributed by atoms with Crippen LogP contribution < -0.4 is 5.32 Å². The molecule has 136 valence electrons. The van der Waals surface area contributed by atoms with Crippen LogP contribution in [0.15, 0.2) is 42.6 Å². The van der Waals surface area contributed by atoms with Gasteiger partial charge in [-0.2, -0.15) is 5.10 Å². The van der Waals surface area contributed by atoms with Crippen LogP contribution in [0.3, 0.4) is 0 Å². The van der Waals surface area contributed by atoms with Crippen LogP contribution in [-0.4, -0.2) is 27.6 Å². The monoisotopic (exact) mass is 354 g/mol. The van der Waals surface area contributed by atoms with E-state index < -0.39 is 0 Å². The average molecular weight is 354 g/mol. The summed E-state index contributed by atoms with van der Waals surface area (Å²) in [5.41, 5.74) is 2.79. The lowest BCUT2D eigenvalue weighted by Gasteiger charge is -2.23. The second-order valence-corrected chi connectivity index (χ2v) is 6.54. The Kier molecular flexibility index (Phi) is 5.61. The van der Waals surface area contributed by atoms with E-state index >= 15 is 0 Å². The van der Waals surface area contributed by atoms with Crippen LogP contribution in [0.4, 0.5) is 4.39 Å². The van der Waals surface area contributed by atoms with Gasteiger partial charge in [-0.3, -0.25) is 4.79 Å². The Hall–Kier alpha value is -2.76. The topological polar surface area (TPSA) is 59.3 Å². The number of nitrogens with zero attached hydrogens (tertiary/aromatic N) is 3. The van der Waals surface area contributed by atoms with Gasteiger partial charge in [0.1, 0.15) is 5.82 Å². The fourth-order valence-corrected chi connectivity index (χ4v) is 2.88. The molecule has 0 saturated heterocycles. The molecule has 26 heavy (non-hydrogen) atoms. The van der Waals surface area contributed by atoms with Crippen molar-refractivity contribution in [2.75, 3.05) is 7.05 Å². The van der Waals surface area contributed by atoms with E-state index in [1.165, 1.54) is 25.3 Å². The van der Waals surface area contributed by atoms with Crippen molar-refractivity contribution < 1.29 is 9.18 Å². The molecule has 0 atom stereocenters. The van der Waals surface area contributed by atoms with Crippen molar-refractivity contribution in [1.29, 1.82) is 0 Å². The Morgan fingerprint density at radius 3 is 2.69 bits per heavy atom. The number of benzene rings is 1. The summed E-state index contributed by atoms with van der Waals surface area (Å²) in [7, 11) is 1.70. The Morgan fingerprint density at radius 1 is 1.31 bits per heavy atom. The predicted molar refractivity (Wildman–Crippen MR) is 99.1 cm³/mol. The summed E-state index contributed by atoms with van der Waals surface area (Å²) in [6, 6.07) is 10.3. The summed E-state index contributed by atoms with van der Waals surface area (Å²) in [4.78, 5) is 14.9. The minimum atomic E-state index is -0.270. The van der Waals surface area contributed by atoms with Gasteiger partial charge in [0, 0.05) is 37.0 Å². The molecule has 5 nitrogen and oxygen atoms in total. The van der Waals surface area contributed by atoms with Gasteiger partial charge >= 0.3 is 0 Å². The zero-order valence-electron chi connectivity index (χ0n) is 15.1. The fourth-order valence-electron chi connectivity index (χ4n) is 2.88. The SMILES string of the molecule is CNC(=O)CC1CCC1.Cc1ccnc2cc(-c3ccccc3F)nn12. The second kappa shape index (κ2) is 8.08. The Balaban J connectivity index is 0.000000185. The Labute approximate surface area is 152 Å². The number of carbonyl (C=O) groups is 1. The van der Waals surface area contributed by atoms with Crippen LogP contribution in [-0.2, 0) is 4.79 Å². The molecular formula is C20H23FN4O. The third kappa shape index (κ3) is 4.07. The predicted octanol–water partition coefficient (Wildman–Crippen LogP) is 3.77. The molecule has 3 aromatic rings. The van der Waals surface area contributed by atoms with Gasteiger partial charge in [-0.05, 0) is 43.9 Å². The van der Waals surface area contributed by atoms with Gasteiger partial charge < -0.3 is 5.32 Å². The lowest BCUT2D eigenvalue weighted by Crippen LogP contribution is -2.24. The number of aromatic nitrogens is 3. The standard InChI is InChI=1S/C13H10FN3.C7H13NO/c1-9-6-7-15-13-8-12(16-17(9)13)10-4-2-3-5-11(10)14;1-8-7(9)5-6-3-2-4-6/h2-8H,1H3;6H,2-5H2,1H3,(H,8,9). The molecule has 1 aromatic carbocycles. The van der Waals surface area contributed by atoms with Crippen molar-refractivity contribution in [3.05, 3.63) is 54.1 Å². The Bertz CT molecular complexity index is 902. The van der Waals surface area contributed by atoms with Crippen molar-refractivity contribution >= 4 is 11.6 Å². The maximum atomic E-state index is 13.6. The zero-order chi connectivity index (χ0) is 18.5. The first kappa shape index (κ1) is 18.0. The number of halogens is 1. The normalized spacial score (nSPS) is 13.7. The van der Waals surface area contributed by atoms with E-state index in [0.29, 0.717) is 17.2 Å². The summed E-state index contributed by atoms with van der Waals surface area (Å²) in [6.45, 7) is 1.94. The van der Waals surface area contributed by atoms with Crippen LogP contribution >= 0.6 is 0 Å². The third-order valence-corrected chi connectivity index (χ3v) is 4.67. The molecule has 1 aliphatic rings. The molecule has 4 rings (SSSR count). The van der Waals surface area contributed by atoms with E-state index in [1.54, 1.807) is 42.0 Å². The fraction of sp³-hybridized carbons (Fsp3) is 0.350. The van der Waals surface area contributed by atoms with Crippen LogP contribution in [0.2, 0.25) is 0 Å². The van der Waals surface area contributed by atoms with Gasteiger partial charge in [0.25, 0.3) is 0 Å². The number of carbonyl (C=O) groups excluding carboxylic acids is 1. The van der Waals surface area contributed by atoms with Crippen LogP contribution in [0, 0.1) is 18.7 Å². The number of amides is 1. The van der Waals surface area contributed by atoms with Crippen LogP contribution in [0.25, 0.3) is 16.9 Å². The number of nitrogens with one attached hydrogen (secondary N) is 1. The average Bonchev–Trinajstić information content (AvgIpc) is 3.04. The van der Waals surface area contributed by atoms with Crippen molar-refractivity contribution in [2.24, 2.45) is 5.92 Å². The van der Waals surface area contributed by atoms with E-state index in [0.717, 1.165) is 17.8 Å². The van der Waals surface area contributed by atoms with Crippen LogP contribution in [0.1, 0.15) is 31.4 Å². The third-order valence-electron chi connectivity index (χ3n) is 4.67. The molecule has 1 aliphatic carbocycles. The molecule has 1 amide bonds. The smallest absolute Gasteiger partial charge is 0.220 e. The number of hydrogen-bond donors (Lipinski definition) is 1.